The predicted octanol–water partition coefficient (Wildman–Crippen LogP) is 3.56. The number of amides is 1. The van der Waals surface area contributed by atoms with E-state index in [0.29, 0.717) is 12.8 Å². The summed E-state index contributed by atoms with van der Waals surface area (Å²) in [7, 11) is -3.69. The molecule has 0 spiro atoms. The van der Waals surface area contributed by atoms with Gasteiger partial charge in [0.2, 0.25) is 10.0 Å². The number of nitrogens with one attached hydrogen (secondary N) is 1. The summed E-state index contributed by atoms with van der Waals surface area (Å²) in [6.07, 6.45) is 2.00. The van der Waals surface area contributed by atoms with E-state index in [4.69, 9.17) is 4.74 Å². The summed E-state index contributed by atoms with van der Waals surface area (Å²) in [5, 5.41) is 0. The van der Waals surface area contributed by atoms with Gasteiger partial charge in [0.25, 0.3) is 5.91 Å². The first-order valence-electron chi connectivity index (χ1n) is 11.9. The maximum absolute atomic E-state index is 15.7. The zero-order valence-corrected chi connectivity index (χ0v) is 21.7. The second-order valence-corrected chi connectivity index (χ2v) is 12.0. The van der Waals surface area contributed by atoms with E-state index in [0.717, 1.165) is 12.3 Å². The van der Waals surface area contributed by atoms with Crippen LogP contribution in [0.1, 0.15) is 39.2 Å². The largest absolute Gasteiger partial charge is 0.450 e. The molecule has 200 valence electrons. The van der Waals surface area contributed by atoms with Gasteiger partial charge in [-0.25, -0.2) is 26.3 Å². The fourth-order valence-electron chi connectivity index (χ4n) is 5.47. The number of piperidine rings is 2. The van der Waals surface area contributed by atoms with Crippen LogP contribution < -0.4 is 4.72 Å². The fraction of sp³-hybridized carbons (Fsp3) is 0.462. The van der Waals surface area contributed by atoms with Gasteiger partial charge >= 0.3 is 5.97 Å². The van der Waals surface area contributed by atoms with Crippen LogP contribution in [0.15, 0.2) is 36.4 Å². The van der Waals surface area contributed by atoms with Gasteiger partial charge in [-0.3, -0.25) is 9.59 Å². The van der Waals surface area contributed by atoms with Crippen LogP contribution in [0, 0.1) is 23.4 Å². The van der Waals surface area contributed by atoms with Crippen molar-refractivity contribution >= 4 is 21.9 Å². The minimum absolute atomic E-state index is 0.0717. The van der Waals surface area contributed by atoms with E-state index in [9.17, 15) is 26.8 Å². The molecule has 2 aliphatic heterocycles. The Morgan fingerprint density at radius 2 is 1.65 bits per heavy atom. The Hall–Kier alpha value is -2.92. The summed E-state index contributed by atoms with van der Waals surface area (Å²) >= 11 is 0. The summed E-state index contributed by atoms with van der Waals surface area (Å²) in [5.74, 6) is -4.34. The third kappa shape index (κ3) is 5.38. The number of carbonyl (C=O) groups is 2. The number of fused-ring (bicyclic) bond motifs is 2. The van der Waals surface area contributed by atoms with Crippen LogP contribution in [0.3, 0.4) is 0 Å². The molecule has 1 saturated carbocycles. The van der Waals surface area contributed by atoms with Gasteiger partial charge in [0.1, 0.15) is 5.82 Å². The highest BCUT2D eigenvalue weighted by atomic mass is 32.2. The molecular weight excluding hydrogens is 509 g/mol. The fourth-order valence-corrected chi connectivity index (χ4v) is 6.31. The first kappa shape index (κ1) is 27.1. The highest BCUT2D eigenvalue weighted by Gasteiger charge is 2.55. The van der Waals surface area contributed by atoms with Crippen LogP contribution in [0.4, 0.5) is 13.2 Å². The number of sulfonamides is 1. The quantitative estimate of drug-likeness (QED) is 0.545. The smallest absolute Gasteiger partial charge is 0.303 e. The van der Waals surface area contributed by atoms with Gasteiger partial charge in [-0.15, -0.1) is 0 Å². The van der Waals surface area contributed by atoms with E-state index in [2.05, 4.69) is 4.72 Å². The van der Waals surface area contributed by atoms with Crippen LogP contribution in [0.25, 0.3) is 11.1 Å². The van der Waals surface area contributed by atoms with E-state index < -0.39 is 57.0 Å². The molecule has 1 amide bonds. The Balaban J connectivity index is 1.76. The zero-order chi connectivity index (χ0) is 27.3. The lowest BCUT2D eigenvalue weighted by atomic mass is 9.66. The molecule has 3 aliphatic rings. The Morgan fingerprint density at radius 3 is 2.24 bits per heavy atom. The van der Waals surface area contributed by atoms with Crippen molar-refractivity contribution in [2.24, 2.45) is 5.92 Å². The first-order chi connectivity index (χ1) is 17.2. The number of nitrogens with zero attached hydrogens (tertiary/aromatic N) is 1. The molecular formula is C26H29F3N2O5S. The molecule has 0 aromatic heterocycles. The van der Waals surface area contributed by atoms with Crippen molar-refractivity contribution in [3.8, 4) is 11.1 Å². The third-order valence-corrected chi connectivity index (χ3v) is 7.77. The van der Waals surface area contributed by atoms with Crippen molar-refractivity contribution in [2.75, 3.05) is 6.26 Å². The number of benzene rings is 2. The van der Waals surface area contributed by atoms with Gasteiger partial charge in [0, 0.05) is 30.1 Å². The average Bonchev–Trinajstić information content (AvgIpc) is 2.75. The molecule has 0 unspecified atom stereocenters. The first-order valence-corrected chi connectivity index (χ1v) is 13.8. The van der Waals surface area contributed by atoms with E-state index in [1.165, 1.54) is 56.0 Å². The molecule has 2 bridgehead atoms. The molecule has 11 heteroatoms. The molecule has 1 aliphatic carbocycles. The second kappa shape index (κ2) is 9.75. The maximum Gasteiger partial charge on any atom is 0.303 e. The number of ether oxygens (including phenoxy) is 1. The summed E-state index contributed by atoms with van der Waals surface area (Å²) < 4.78 is 76.3. The highest BCUT2D eigenvalue weighted by Crippen LogP contribution is 2.45. The number of hydrogen-bond donors (Lipinski definition) is 1. The minimum atomic E-state index is -3.69. The Bertz CT molecular complexity index is 1340. The predicted molar refractivity (Wildman–Crippen MR) is 130 cm³/mol. The monoisotopic (exact) mass is 538 g/mol. The van der Waals surface area contributed by atoms with Crippen LogP contribution >= 0.6 is 0 Å². The number of halogens is 3. The molecule has 2 heterocycles. The number of carbonyl (C=O) groups excluding carboxylic acids is 2. The molecule has 0 radical (unpaired) electrons. The van der Waals surface area contributed by atoms with Gasteiger partial charge in [-0.05, 0) is 50.7 Å². The molecule has 2 aromatic rings. The zero-order valence-electron chi connectivity index (χ0n) is 20.9. The van der Waals surface area contributed by atoms with Crippen molar-refractivity contribution in [1.29, 1.82) is 0 Å². The van der Waals surface area contributed by atoms with Crippen LogP contribution in [0.5, 0.6) is 0 Å². The Morgan fingerprint density at radius 1 is 1.05 bits per heavy atom. The van der Waals surface area contributed by atoms with E-state index in [1.54, 1.807) is 0 Å². The summed E-state index contributed by atoms with van der Waals surface area (Å²) in [6.45, 7) is 4.08. The second-order valence-electron chi connectivity index (χ2n) is 10.3. The molecule has 3 fully saturated rings. The Kier molecular flexibility index (Phi) is 7.15. The lowest BCUT2D eigenvalue weighted by molar-refractivity contribution is -0.179. The molecule has 7 nitrogen and oxygen atoms in total. The molecule has 2 aromatic carbocycles. The van der Waals surface area contributed by atoms with Crippen molar-refractivity contribution in [3.05, 3.63) is 59.4 Å². The van der Waals surface area contributed by atoms with Gasteiger partial charge in [0.15, 0.2) is 17.2 Å². The van der Waals surface area contributed by atoms with Crippen molar-refractivity contribution in [3.63, 3.8) is 0 Å². The van der Waals surface area contributed by atoms with Crippen LogP contribution in [-0.2, 0) is 30.8 Å². The van der Waals surface area contributed by atoms with Gasteiger partial charge in [-0.1, -0.05) is 30.3 Å². The lowest BCUT2D eigenvalue weighted by Gasteiger charge is -2.59. The van der Waals surface area contributed by atoms with Crippen molar-refractivity contribution in [2.45, 2.75) is 63.8 Å². The number of rotatable bonds is 7. The van der Waals surface area contributed by atoms with E-state index >= 15 is 4.39 Å². The van der Waals surface area contributed by atoms with Crippen LogP contribution in [-0.4, -0.2) is 55.2 Å². The van der Waals surface area contributed by atoms with Crippen molar-refractivity contribution < 1.29 is 35.9 Å². The lowest BCUT2D eigenvalue weighted by Crippen LogP contribution is -2.72. The van der Waals surface area contributed by atoms with Gasteiger partial charge in [0.05, 0.1) is 12.3 Å². The summed E-state index contributed by atoms with van der Waals surface area (Å²) in [5.41, 5.74) is -1.83. The van der Waals surface area contributed by atoms with Crippen molar-refractivity contribution in [1.82, 2.24) is 9.62 Å². The molecule has 5 rings (SSSR count). The molecule has 2 saturated heterocycles. The number of esters is 1. The summed E-state index contributed by atoms with van der Waals surface area (Å²) in [4.78, 5) is 26.8. The third-order valence-electron chi connectivity index (χ3n) is 7.07. The topological polar surface area (TPSA) is 92.8 Å². The normalized spacial score (nSPS) is 23.4. The minimum Gasteiger partial charge on any atom is -0.450 e. The Labute approximate surface area is 214 Å². The maximum atomic E-state index is 15.7. The molecule has 37 heavy (non-hydrogen) atoms. The molecule has 2 atom stereocenters. The highest BCUT2D eigenvalue weighted by molar-refractivity contribution is 7.88. The van der Waals surface area contributed by atoms with E-state index in [-0.39, 0.29) is 35.1 Å². The summed E-state index contributed by atoms with van der Waals surface area (Å²) in [6, 6.07) is 6.01. The SMILES string of the molecule is CC(=O)OC(C)(C)C(=O)N1C2CC(C2)[C@H](NS(C)(=O)=O)[C@@H]1Cc1cccc(-c2cccc(F)c2F)c1F. The standard InChI is InChI=1S/C26H29F3N2O5S/c1-14(32)36-26(2,3)25(33)31-17-11-16(12-17)24(30-37(4,34)35)21(31)13-15-7-5-8-18(22(15)28)19-9-6-10-20(27)23(19)29/h5-10,16-17,21,24,30H,11-13H2,1-4H3/t16?,17?,21-,24-/m0/s1. The van der Waals surface area contributed by atoms with Gasteiger partial charge < -0.3 is 9.64 Å². The molecule has 1 N–H and O–H groups in total. The van der Waals surface area contributed by atoms with E-state index in [1.807, 2.05) is 0 Å². The number of hydrogen-bond acceptors (Lipinski definition) is 5. The van der Waals surface area contributed by atoms with Crippen LogP contribution in [0.2, 0.25) is 0 Å². The van der Waals surface area contributed by atoms with Gasteiger partial charge in [-0.2, -0.15) is 0 Å². The average molecular weight is 539 g/mol.